The van der Waals surface area contributed by atoms with Gasteiger partial charge in [0.05, 0.1) is 6.07 Å². The molecule has 0 aliphatic carbocycles. The van der Waals surface area contributed by atoms with Crippen LogP contribution in [-0.2, 0) is 9.59 Å². The second-order valence-corrected chi connectivity index (χ2v) is 6.24. The van der Waals surface area contributed by atoms with Gasteiger partial charge in [-0.25, -0.2) is 0 Å². The number of nitrogens with zero attached hydrogens (tertiary/aromatic N) is 3. The first kappa shape index (κ1) is 18.7. The zero-order valence-electron chi connectivity index (χ0n) is 14.5. The van der Waals surface area contributed by atoms with Gasteiger partial charge in [0, 0.05) is 44.6 Å². The Morgan fingerprint density at radius 2 is 1.56 bits per heavy atom. The van der Waals surface area contributed by atoms with Gasteiger partial charge in [0.2, 0.25) is 11.8 Å². The Labute approximate surface area is 148 Å². The number of carbonyl (C=O) groups is 3. The second kappa shape index (κ2) is 8.97. The third-order valence-corrected chi connectivity index (χ3v) is 4.37. The summed E-state index contributed by atoms with van der Waals surface area (Å²) < 4.78 is 0. The summed E-state index contributed by atoms with van der Waals surface area (Å²) in [5.41, 5.74) is 1.72. The predicted molar refractivity (Wildman–Crippen MR) is 92.8 cm³/mol. The molecule has 132 valence electrons. The van der Waals surface area contributed by atoms with Crippen LogP contribution in [0.2, 0.25) is 0 Å². The highest BCUT2D eigenvalue weighted by Gasteiger charge is 2.22. The van der Waals surface area contributed by atoms with Gasteiger partial charge in [0.25, 0.3) is 0 Å². The van der Waals surface area contributed by atoms with E-state index in [2.05, 4.69) is 0 Å². The lowest BCUT2D eigenvalue weighted by Crippen LogP contribution is -2.37. The van der Waals surface area contributed by atoms with Crippen LogP contribution in [0, 0.1) is 18.3 Å². The number of amides is 2. The molecular formula is C19H23N3O3. The van der Waals surface area contributed by atoms with Crippen molar-refractivity contribution in [3.8, 4) is 6.07 Å². The van der Waals surface area contributed by atoms with Gasteiger partial charge in [-0.3, -0.25) is 14.4 Å². The molecule has 25 heavy (non-hydrogen) atoms. The molecule has 6 heteroatoms. The maximum absolute atomic E-state index is 12.4. The molecule has 0 spiro atoms. The molecule has 0 saturated carbocycles. The monoisotopic (exact) mass is 341 g/mol. The topological polar surface area (TPSA) is 81.5 Å². The number of aryl methyl sites for hydroxylation is 1. The Morgan fingerprint density at radius 3 is 2.16 bits per heavy atom. The minimum atomic E-state index is -0.189. The lowest BCUT2D eigenvalue weighted by molar-refractivity contribution is -0.133. The third-order valence-electron chi connectivity index (χ3n) is 4.37. The molecule has 0 atom stereocenters. The van der Waals surface area contributed by atoms with Crippen LogP contribution in [0.1, 0.15) is 41.6 Å². The molecule has 0 N–H and O–H groups in total. The molecule has 1 aliphatic heterocycles. The number of Topliss-reactive ketones (excluding diaryl/α,β-unsaturated/α-hetero) is 1. The molecule has 0 aromatic heterocycles. The molecule has 2 rings (SSSR count). The van der Waals surface area contributed by atoms with Crippen LogP contribution in [0.3, 0.4) is 0 Å². The molecule has 6 nitrogen and oxygen atoms in total. The summed E-state index contributed by atoms with van der Waals surface area (Å²) in [5.74, 6) is -0.282. The Hall–Kier alpha value is -2.68. The first-order valence-corrected chi connectivity index (χ1v) is 8.53. The van der Waals surface area contributed by atoms with E-state index >= 15 is 0 Å². The number of hydrogen-bond donors (Lipinski definition) is 0. The largest absolute Gasteiger partial charge is 0.341 e. The molecule has 0 bridgehead atoms. The fourth-order valence-corrected chi connectivity index (χ4v) is 2.86. The van der Waals surface area contributed by atoms with Gasteiger partial charge in [-0.05, 0) is 13.3 Å². The maximum atomic E-state index is 12.4. The molecule has 1 aromatic rings. The number of hydrogen-bond acceptors (Lipinski definition) is 4. The summed E-state index contributed by atoms with van der Waals surface area (Å²) in [6, 6.07) is 9.20. The van der Waals surface area contributed by atoms with Crippen LogP contribution in [0.15, 0.2) is 24.3 Å². The second-order valence-electron chi connectivity index (χ2n) is 6.24. The van der Waals surface area contributed by atoms with Crippen molar-refractivity contribution < 1.29 is 14.4 Å². The quantitative estimate of drug-likeness (QED) is 0.766. The number of carbonyl (C=O) groups excluding carboxylic acids is 3. The average molecular weight is 341 g/mol. The molecule has 1 heterocycles. The molecular weight excluding hydrogens is 318 g/mol. The van der Waals surface area contributed by atoms with Crippen molar-refractivity contribution in [2.75, 3.05) is 26.2 Å². The van der Waals surface area contributed by atoms with Crippen LogP contribution in [0.5, 0.6) is 0 Å². The van der Waals surface area contributed by atoms with Crippen LogP contribution in [0.25, 0.3) is 0 Å². The van der Waals surface area contributed by atoms with E-state index in [1.807, 2.05) is 25.1 Å². The van der Waals surface area contributed by atoms with E-state index in [0.717, 1.165) is 5.56 Å². The van der Waals surface area contributed by atoms with Crippen LogP contribution >= 0.6 is 0 Å². The fourth-order valence-electron chi connectivity index (χ4n) is 2.86. The third kappa shape index (κ3) is 5.42. The maximum Gasteiger partial charge on any atom is 0.236 e. The average Bonchev–Trinajstić information content (AvgIpc) is 2.86. The summed E-state index contributed by atoms with van der Waals surface area (Å²) in [6.07, 6.45) is 0.933. The van der Waals surface area contributed by atoms with E-state index in [-0.39, 0.29) is 36.9 Å². The Kier molecular flexibility index (Phi) is 6.70. The molecule has 2 amide bonds. The highest BCUT2D eigenvalue weighted by Crippen LogP contribution is 2.11. The molecule has 1 aromatic carbocycles. The smallest absolute Gasteiger partial charge is 0.236 e. The van der Waals surface area contributed by atoms with Gasteiger partial charge in [0.1, 0.15) is 6.42 Å². The van der Waals surface area contributed by atoms with Crippen molar-refractivity contribution in [1.82, 2.24) is 9.80 Å². The van der Waals surface area contributed by atoms with Crippen molar-refractivity contribution in [3.63, 3.8) is 0 Å². The SMILES string of the molecule is Cc1ccc(C(=O)CCC(=O)N2CCCN(C(=O)CC#N)CC2)cc1. The van der Waals surface area contributed by atoms with E-state index in [9.17, 15) is 14.4 Å². The number of ketones is 1. The summed E-state index contributed by atoms with van der Waals surface area (Å²) in [7, 11) is 0. The van der Waals surface area contributed by atoms with Crippen molar-refractivity contribution in [2.24, 2.45) is 0 Å². The minimum absolute atomic E-state index is 0.0333. The van der Waals surface area contributed by atoms with E-state index < -0.39 is 0 Å². The zero-order valence-corrected chi connectivity index (χ0v) is 14.5. The van der Waals surface area contributed by atoms with Gasteiger partial charge in [-0.15, -0.1) is 0 Å². The van der Waals surface area contributed by atoms with Crippen molar-refractivity contribution >= 4 is 17.6 Å². The van der Waals surface area contributed by atoms with Crippen molar-refractivity contribution in [3.05, 3.63) is 35.4 Å². The highest BCUT2D eigenvalue weighted by atomic mass is 16.2. The number of rotatable bonds is 5. The van der Waals surface area contributed by atoms with E-state index in [1.54, 1.807) is 21.9 Å². The molecule has 0 unspecified atom stereocenters. The summed E-state index contributed by atoms with van der Waals surface area (Å²) in [4.78, 5) is 39.7. The van der Waals surface area contributed by atoms with E-state index in [4.69, 9.17) is 5.26 Å². The van der Waals surface area contributed by atoms with Crippen LogP contribution in [-0.4, -0.2) is 53.6 Å². The summed E-state index contributed by atoms with van der Waals surface area (Å²) in [5, 5.41) is 8.61. The van der Waals surface area contributed by atoms with Gasteiger partial charge >= 0.3 is 0 Å². The van der Waals surface area contributed by atoms with Gasteiger partial charge in [0.15, 0.2) is 5.78 Å². The fraction of sp³-hybridized carbons (Fsp3) is 0.474. The van der Waals surface area contributed by atoms with Gasteiger partial charge in [-0.1, -0.05) is 29.8 Å². The Bertz CT molecular complexity index is 676. The summed E-state index contributed by atoms with van der Waals surface area (Å²) in [6.45, 7) is 4.00. The summed E-state index contributed by atoms with van der Waals surface area (Å²) >= 11 is 0. The molecule has 1 fully saturated rings. The van der Waals surface area contributed by atoms with Gasteiger partial charge < -0.3 is 9.80 Å². The molecule has 1 aliphatic rings. The van der Waals surface area contributed by atoms with Crippen LogP contribution in [0.4, 0.5) is 0 Å². The highest BCUT2D eigenvalue weighted by molar-refractivity contribution is 5.98. The Morgan fingerprint density at radius 1 is 0.960 bits per heavy atom. The van der Waals surface area contributed by atoms with Crippen LogP contribution < -0.4 is 0 Å². The number of nitriles is 1. The zero-order chi connectivity index (χ0) is 18.2. The Balaban J connectivity index is 1.82. The number of benzene rings is 1. The molecule has 1 saturated heterocycles. The first-order valence-electron chi connectivity index (χ1n) is 8.53. The van der Waals surface area contributed by atoms with Crippen molar-refractivity contribution in [2.45, 2.75) is 32.6 Å². The van der Waals surface area contributed by atoms with E-state index in [0.29, 0.717) is 38.2 Å². The van der Waals surface area contributed by atoms with Gasteiger partial charge in [-0.2, -0.15) is 5.26 Å². The normalized spacial score (nSPS) is 14.6. The predicted octanol–water partition coefficient (Wildman–Crippen LogP) is 1.93. The molecule has 0 radical (unpaired) electrons. The van der Waals surface area contributed by atoms with E-state index in [1.165, 1.54) is 0 Å². The minimum Gasteiger partial charge on any atom is -0.341 e. The van der Waals surface area contributed by atoms with Crippen molar-refractivity contribution in [1.29, 1.82) is 5.26 Å². The lowest BCUT2D eigenvalue weighted by atomic mass is 10.0. The lowest BCUT2D eigenvalue weighted by Gasteiger charge is -2.21. The standard InChI is InChI=1S/C19H23N3O3/c1-15-3-5-16(6-4-15)17(23)7-8-18(24)21-11-2-12-22(14-13-21)19(25)9-10-20/h3-6H,2,7-9,11-14H2,1H3. The first-order chi connectivity index (χ1) is 12.0.